The third-order valence-corrected chi connectivity index (χ3v) is 2.23. The van der Waals surface area contributed by atoms with E-state index in [4.69, 9.17) is 9.47 Å². The Balaban J connectivity index is 4.11. The van der Waals surface area contributed by atoms with Gasteiger partial charge in [0.2, 0.25) is 5.91 Å². The van der Waals surface area contributed by atoms with Crippen molar-refractivity contribution in [2.45, 2.75) is 33.6 Å². The van der Waals surface area contributed by atoms with Gasteiger partial charge in [0.25, 0.3) is 0 Å². The zero-order valence-electron chi connectivity index (χ0n) is 11.2. The fraction of sp³-hybridized carbons (Fsp3) is 0.750. The van der Waals surface area contributed by atoms with E-state index in [0.29, 0.717) is 13.2 Å². The van der Waals surface area contributed by atoms with E-state index >= 15 is 0 Å². The minimum Gasteiger partial charge on any atom is -0.466 e. The molecule has 0 radical (unpaired) electrons. The van der Waals surface area contributed by atoms with Crippen LogP contribution in [0.5, 0.6) is 0 Å². The van der Waals surface area contributed by atoms with Crippen molar-refractivity contribution in [3.05, 3.63) is 0 Å². The van der Waals surface area contributed by atoms with Gasteiger partial charge in [-0.1, -0.05) is 0 Å². The second-order valence-corrected chi connectivity index (χ2v) is 3.51. The van der Waals surface area contributed by atoms with Gasteiger partial charge in [0.05, 0.1) is 19.6 Å². The summed E-state index contributed by atoms with van der Waals surface area (Å²) in [7, 11) is 0. The SMILES string of the molecule is CCOC(=O)CCN(CC)C(=O)CC(=O)OCC. The average molecular weight is 259 g/mol. The summed E-state index contributed by atoms with van der Waals surface area (Å²) < 4.78 is 9.46. The molecular formula is C12H21NO5. The van der Waals surface area contributed by atoms with Crippen LogP contribution in [0.3, 0.4) is 0 Å². The van der Waals surface area contributed by atoms with Crippen molar-refractivity contribution in [1.29, 1.82) is 0 Å². The van der Waals surface area contributed by atoms with Gasteiger partial charge in [-0.25, -0.2) is 0 Å². The number of rotatable bonds is 8. The van der Waals surface area contributed by atoms with Crippen LogP contribution in [-0.4, -0.2) is 49.0 Å². The van der Waals surface area contributed by atoms with Crippen LogP contribution in [0.1, 0.15) is 33.6 Å². The number of nitrogens with zero attached hydrogens (tertiary/aromatic N) is 1. The largest absolute Gasteiger partial charge is 0.466 e. The molecule has 6 heteroatoms. The number of amides is 1. The number of esters is 2. The summed E-state index contributed by atoms with van der Waals surface area (Å²) in [5, 5.41) is 0. The molecule has 0 rings (SSSR count). The first kappa shape index (κ1) is 16.4. The first-order valence-corrected chi connectivity index (χ1v) is 6.14. The number of carbonyl (C=O) groups is 3. The van der Waals surface area contributed by atoms with Crippen LogP contribution in [0.15, 0.2) is 0 Å². The fourth-order valence-corrected chi connectivity index (χ4v) is 1.37. The number of ether oxygens (including phenoxy) is 2. The number of hydrogen-bond acceptors (Lipinski definition) is 5. The third kappa shape index (κ3) is 6.88. The van der Waals surface area contributed by atoms with E-state index in [1.165, 1.54) is 4.90 Å². The quantitative estimate of drug-likeness (QED) is 0.475. The predicted molar refractivity (Wildman–Crippen MR) is 64.8 cm³/mol. The standard InChI is InChI=1S/C12H21NO5/c1-4-13(8-7-11(15)17-5-2)10(14)9-12(16)18-6-3/h4-9H2,1-3H3. The summed E-state index contributed by atoms with van der Waals surface area (Å²) in [5.41, 5.74) is 0. The zero-order valence-corrected chi connectivity index (χ0v) is 11.2. The van der Waals surface area contributed by atoms with Gasteiger partial charge in [-0.3, -0.25) is 14.4 Å². The van der Waals surface area contributed by atoms with E-state index < -0.39 is 5.97 Å². The smallest absolute Gasteiger partial charge is 0.315 e. The predicted octanol–water partition coefficient (Wildman–Crippen LogP) is 0.741. The Labute approximate surface area is 107 Å². The molecule has 0 saturated carbocycles. The molecule has 0 aliphatic heterocycles. The zero-order chi connectivity index (χ0) is 14.0. The lowest BCUT2D eigenvalue weighted by atomic mass is 10.3. The highest BCUT2D eigenvalue weighted by Crippen LogP contribution is 1.99. The van der Waals surface area contributed by atoms with Crippen molar-refractivity contribution in [3.8, 4) is 0 Å². The van der Waals surface area contributed by atoms with Gasteiger partial charge in [0.15, 0.2) is 0 Å². The maximum Gasteiger partial charge on any atom is 0.315 e. The maximum absolute atomic E-state index is 11.7. The summed E-state index contributed by atoms with van der Waals surface area (Å²) in [6.07, 6.45) is -0.152. The molecule has 0 N–H and O–H groups in total. The fourth-order valence-electron chi connectivity index (χ4n) is 1.37. The van der Waals surface area contributed by atoms with Crippen LogP contribution >= 0.6 is 0 Å². The van der Waals surface area contributed by atoms with Crippen molar-refractivity contribution in [2.24, 2.45) is 0 Å². The minimum atomic E-state index is -0.544. The van der Waals surface area contributed by atoms with E-state index in [-0.39, 0.29) is 37.9 Å². The van der Waals surface area contributed by atoms with Gasteiger partial charge in [-0.2, -0.15) is 0 Å². The summed E-state index contributed by atoms with van der Waals surface area (Å²) in [6, 6.07) is 0. The molecule has 0 spiro atoms. The number of carbonyl (C=O) groups excluding carboxylic acids is 3. The van der Waals surface area contributed by atoms with Crippen LogP contribution in [-0.2, 0) is 23.9 Å². The van der Waals surface area contributed by atoms with Gasteiger partial charge in [0, 0.05) is 13.1 Å². The normalized spacial score (nSPS) is 9.72. The molecule has 0 bridgehead atoms. The van der Waals surface area contributed by atoms with Crippen molar-refractivity contribution in [3.63, 3.8) is 0 Å². The first-order valence-electron chi connectivity index (χ1n) is 6.14. The van der Waals surface area contributed by atoms with E-state index in [1.807, 2.05) is 0 Å². The van der Waals surface area contributed by atoms with Gasteiger partial charge >= 0.3 is 11.9 Å². The molecule has 0 aromatic rings. The van der Waals surface area contributed by atoms with Crippen LogP contribution in [0.2, 0.25) is 0 Å². The lowest BCUT2D eigenvalue weighted by molar-refractivity contribution is -0.148. The molecule has 0 aromatic heterocycles. The Bertz CT molecular complexity index is 290. The highest BCUT2D eigenvalue weighted by Gasteiger charge is 2.17. The van der Waals surface area contributed by atoms with Crippen LogP contribution < -0.4 is 0 Å². The van der Waals surface area contributed by atoms with Crippen LogP contribution in [0.4, 0.5) is 0 Å². The molecule has 0 aliphatic rings. The van der Waals surface area contributed by atoms with Gasteiger partial charge < -0.3 is 14.4 Å². The molecule has 0 saturated heterocycles. The van der Waals surface area contributed by atoms with Crippen molar-refractivity contribution >= 4 is 17.8 Å². The highest BCUT2D eigenvalue weighted by molar-refractivity contribution is 5.94. The van der Waals surface area contributed by atoms with E-state index in [9.17, 15) is 14.4 Å². The molecule has 104 valence electrons. The summed E-state index contributed by atoms with van der Waals surface area (Å²) in [6.45, 7) is 6.46. The summed E-state index contributed by atoms with van der Waals surface area (Å²) in [4.78, 5) is 35.5. The molecule has 0 atom stereocenters. The Hall–Kier alpha value is -1.59. The molecule has 0 aliphatic carbocycles. The van der Waals surface area contributed by atoms with Crippen molar-refractivity contribution in [1.82, 2.24) is 4.90 Å². The average Bonchev–Trinajstić information content (AvgIpc) is 2.30. The summed E-state index contributed by atoms with van der Waals surface area (Å²) >= 11 is 0. The maximum atomic E-state index is 11.7. The first-order chi connectivity index (χ1) is 8.54. The molecule has 6 nitrogen and oxygen atoms in total. The van der Waals surface area contributed by atoms with E-state index in [1.54, 1.807) is 20.8 Å². The highest BCUT2D eigenvalue weighted by atomic mass is 16.5. The Kier molecular flexibility index (Phi) is 8.61. The third-order valence-electron chi connectivity index (χ3n) is 2.23. The van der Waals surface area contributed by atoms with Gasteiger partial charge in [-0.15, -0.1) is 0 Å². The number of hydrogen-bond donors (Lipinski definition) is 0. The van der Waals surface area contributed by atoms with Gasteiger partial charge in [0.1, 0.15) is 6.42 Å². The minimum absolute atomic E-state index is 0.135. The van der Waals surface area contributed by atoms with Gasteiger partial charge in [-0.05, 0) is 20.8 Å². The monoisotopic (exact) mass is 259 g/mol. The molecular weight excluding hydrogens is 238 g/mol. The summed E-state index contributed by atoms with van der Waals surface area (Å²) in [5.74, 6) is -1.22. The molecule has 18 heavy (non-hydrogen) atoms. The van der Waals surface area contributed by atoms with E-state index in [2.05, 4.69) is 0 Å². The molecule has 0 aromatic carbocycles. The van der Waals surface area contributed by atoms with Crippen molar-refractivity contribution < 1.29 is 23.9 Å². The second-order valence-electron chi connectivity index (χ2n) is 3.51. The van der Waals surface area contributed by atoms with Crippen molar-refractivity contribution in [2.75, 3.05) is 26.3 Å². The second kappa shape index (κ2) is 9.44. The lowest BCUT2D eigenvalue weighted by Crippen LogP contribution is -2.34. The Morgan fingerprint density at radius 3 is 2.00 bits per heavy atom. The molecule has 0 unspecified atom stereocenters. The molecule has 0 fully saturated rings. The van der Waals surface area contributed by atoms with Crippen LogP contribution in [0, 0.1) is 0 Å². The lowest BCUT2D eigenvalue weighted by Gasteiger charge is -2.19. The Morgan fingerprint density at radius 2 is 1.50 bits per heavy atom. The van der Waals surface area contributed by atoms with E-state index in [0.717, 1.165) is 0 Å². The topological polar surface area (TPSA) is 72.9 Å². The van der Waals surface area contributed by atoms with Crippen LogP contribution in [0.25, 0.3) is 0 Å². The molecule has 0 heterocycles. The Morgan fingerprint density at radius 1 is 0.944 bits per heavy atom. The molecule has 1 amide bonds.